The summed E-state index contributed by atoms with van der Waals surface area (Å²) in [5, 5.41) is 2.41. The van der Waals surface area contributed by atoms with Crippen LogP contribution in [0.3, 0.4) is 0 Å². The van der Waals surface area contributed by atoms with Gasteiger partial charge in [0.25, 0.3) is 10.0 Å². The molecule has 5 heteroatoms. The van der Waals surface area contributed by atoms with Crippen LogP contribution in [0.5, 0.6) is 0 Å². The molecule has 0 spiro atoms. The van der Waals surface area contributed by atoms with Gasteiger partial charge in [0.15, 0.2) is 0 Å². The number of benzene rings is 3. The van der Waals surface area contributed by atoms with E-state index in [0.717, 1.165) is 23.6 Å². The highest BCUT2D eigenvalue weighted by atomic mass is 35.5. The van der Waals surface area contributed by atoms with Crippen molar-refractivity contribution >= 4 is 38.1 Å². The number of aryl methyl sites for hydroxylation is 2. The molecule has 0 aliphatic heterocycles. The van der Waals surface area contributed by atoms with Crippen molar-refractivity contribution in [1.82, 2.24) is 0 Å². The second-order valence-electron chi connectivity index (χ2n) is 6.08. The van der Waals surface area contributed by atoms with Crippen LogP contribution in [-0.2, 0) is 22.9 Å². The average Bonchev–Trinajstić information content (AvgIpc) is 2.97. The predicted molar refractivity (Wildman–Crippen MR) is 98.4 cm³/mol. The van der Waals surface area contributed by atoms with Crippen LogP contribution in [0.1, 0.15) is 16.7 Å². The van der Waals surface area contributed by atoms with Gasteiger partial charge in [0, 0.05) is 10.4 Å². The zero-order valence-electron chi connectivity index (χ0n) is 13.1. The fourth-order valence-electron chi connectivity index (χ4n) is 3.37. The molecule has 0 heterocycles. The molecule has 0 aromatic heterocycles. The average molecular weight is 358 g/mol. The van der Waals surface area contributed by atoms with Crippen LogP contribution >= 0.6 is 11.6 Å². The van der Waals surface area contributed by atoms with Crippen LogP contribution in [0, 0.1) is 6.92 Å². The summed E-state index contributed by atoms with van der Waals surface area (Å²) in [5.74, 6) is 0. The summed E-state index contributed by atoms with van der Waals surface area (Å²) in [6, 6.07) is 14.7. The molecule has 0 radical (unpaired) electrons. The first-order valence-electron chi connectivity index (χ1n) is 7.79. The molecule has 0 unspecified atom stereocenters. The third-order valence-electron chi connectivity index (χ3n) is 4.64. The van der Waals surface area contributed by atoms with E-state index in [9.17, 15) is 8.42 Å². The van der Waals surface area contributed by atoms with Gasteiger partial charge in [-0.3, -0.25) is 4.72 Å². The lowest BCUT2D eigenvalue weighted by molar-refractivity contribution is 0.602. The van der Waals surface area contributed by atoms with Crippen molar-refractivity contribution in [2.75, 3.05) is 4.72 Å². The summed E-state index contributed by atoms with van der Waals surface area (Å²) in [7, 11) is -3.69. The van der Waals surface area contributed by atoms with Gasteiger partial charge in [0.05, 0.1) is 10.6 Å². The van der Waals surface area contributed by atoms with Crippen molar-refractivity contribution in [2.45, 2.75) is 24.7 Å². The van der Waals surface area contributed by atoms with Crippen molar-refractivity contribution in [2.24, 2.45) is 0 Å². The highest BCUT2D eigenvalue weighted by molar-refractivity contribution is 7.93. The number of anilines is 1. The highest BCUT2D eigenvalue weighted by Gasteiger charge is 2.23. The standard InChI is InChI=1S/C19H16ClNO2S/c1-12-16(20)6-3-7-17(12)21-24(22,23)18-11-10-14-9-8-13-4-2-5-15(18)19(13)14/h2-7,10-11,21H,8-9H2,1H3. The number of nitrogens with one attached hydrogen (secondary N) is 1. The molecule has 3 nitrogen and oxygen atoms in total. The lowest BCUT2D eigenvalue weighted by Crippen LogP contribution is -2.14. The maximum absolute atomic E-state index is 13.0. The predicted octanol–water partition coefficient (Wildman–Crippen LogP) is 4.70. The van der Waals surface area contributed by atoms with E-state index in [0.29, 0.717) is 21.2 Å². The Bertz CT molecular complexity index is 1060. The first-order valence-corrected chi connectivity index (χ1v) is 9.65. The van der Waals surface area contributed by atoms with E-state index in [1.807, 2.05) is 18.2 Å². The van der Waals surface area contributed by atoms with E-state index in [1.54, 1.807) is 31.2 Å². The Morgan fingerprint density at radius 3 is 2.46 bits per heavy atom. The summed E-state index contributed by atoms with van der Waals surface area (Å²) in [5.41, 5.74) is 3.66. The lowest BCUT2D eigenvalue weighted by Gasteiger charge is -2.14. The minimum atomic E-state index is -3.69. The van der Waals surface area contributed by atoms with Crippen LogP contribution in [0.4, 0.5) is 5.69 Å². The van der Waals surface area contributed by atoms with Gasteiger partial charge in [-0.25, -0.2) is 8.42 Å². The van der Waals surface area contributed by atoms with Crippen LogP contribution in [0.25, 0.3) is 10.8 Å². The molecule has 0 saturated heterocycles. The zero-order chi connectivity index (χ0) is 16.9. The third-order valence-corrected chi connectivity index (χ3v) is 6.47. The Hall–Kier alpha value is -2.04. The summed E-state index contributed by atoms with van der Waals surface area (Å²) in [4.78, 5) is 0.310. The molecule has 4 rings (SSSR count). The number of rotatable bonds is 3. The molecule has 122 valence electrons. The van der Waals surface area contributed by atoms with Gasteiger partial charge in [0.1, 0.15) is 0 Å². The lowest BCUT2D eigenvalue weighted by atomic mass is 10.1. The van der Waals surface area contributed by atoms with E-state index in [-0.39, 0.29) is 0 Å². The zero-order valence-corrected chi connectivity index (χ0v) is 14.7. The van der Waals surface area contributed by atoms with Crippen LogP contribution in [-0.4, -0.2) is 8.42 Å². The summed E-state index contributed by atoms with van der Waals surface area (Å²) < 4.78 is 28.6. The molecule has 0 saturated carbocycles. The molecule has 0 amide bonds. The van der Waals surface area contributed by atoms with Crippen molar-refractivity contribution in [3.63, 3.8) is 0 Å². The Morgan fingerprint density at radius 2 is 1.67 bits per heavy atom. The molecular formula is C19H16ClNO2S. The monoisotopic (exact) mass is 357 g/mol. The Morgan fingerprint density at radius 1 is 0.958 bits per heavy atom. The van der Waals surface area contributed by atoms with Crippen LogP contribution in [0.2, 0.25) is 5.02 Å². The molecule has 0 atom stereocenters. The first kappa shape index (κ1) is 15.5. The molecule has 3 aromatic carbocycles. The van der Waals surface area contributed by atoms with E-state index in [1.165, 1.54) is 11.1 Å². The Kier molecular flexibility index (Phi) is 3.55. The Balaban J connectivity index is 1.87. The molecule has 1 aliphatic carbocycles. The van der Waals surface area contributed by atoms with Gasteiger partial charge in [-0.2, -0.15) is 0 Å². The van der Waals surface area contributed by atoms with Gasteiger partial charge >= 0.3 is 0 Å². The number of halogens is 1. The van der Waals surface area contributed by atoms with Crippen molar-refractivity contribution in [3.8, 4) is 0 Å². The highest BCUT2D eigenvalue weighted by Crippen LogP contribution is 2.35. The van der Waals surface area contributed by atoms with E-state index >= 15 is 0 Å². The summed E-state index contributed by atoms with van der Waals surface area (Å²) >= 11 is 6.10. The number of hydrogen-bond donors (Lipinski definition) is 1. The van der Waals surface area contributed by atoms with Gasteiger partial charge in [-0.15, -0.1) is 0 Å². The molecule has 0 bridgehead atoms. The van der Waals surface area contributed by atoms with Gasteiger partial charge < -0.3 is 0 Å². The van der Waals surface area contributed by atoms with Crippen molar-refractivity contribution in [1.29, 1.82) is 0 Å². The Labute approximate surface area is 146 Å². The fourth-order valence-corrected chi connectivity index (χ4v) is 4.87. The van der Waals surface area contributed by atoms with Crippen molar-refractivity contribution < 1.29 is 8.42 Å². The molecule has 3 aromatic rings. The quantitative estimate of drug-likeness (QED) is 0.738. The topological polar surface area (TPSA) is 46.2 Å². The van der Waals surface area contributed by atoms with Gasteiger partial charge in [0.2, 0.25) is 0 Å². The smallest absolute Gasteiger partial charge is 0.262 e. The van der Waals surface area contributed by atoms with Gasteiger partial charge in [-0.05, 0) is 60.0 Å². The molecule has 1 N–H and O–H groups in total. The maximum atomic E-state index is 13.0. The number of sulfonamides is 1. The molecule has 1 aliphatic rings. The van der Waals surface area contributed by atoms with Gasteiger partial charge in [-0.1, -0.05) is 41.9 Å². The number of hydrogen-bond acceptors (Lipinski definition) is 2. The van der Waals surface area contributed by atoms with Crippen LogP contribution in [0.15, 0.2) is 53.4 Å². The minimum Gasteiger partial charge on any atom is -0.279 e. The summed E-state index contributed by atoms with van der Waals surface area (Å²) in [6.07, 6.45) is 1.94. The fraction of sp³-hybridized carbons (Fsp3) is 0.158. The minimum absolute atomic E-state index is 0.310. The SMILES string of the molecule is Cc1c(Cl)cccc1NS(=O)(=O)c1ccc2c3c(cccc13)CC2. The molecular weight excluding hydrogens is 342 g/mol. The molecule has 24 heavy (non-hydrogen) atoms. The molecule has 0 fully saturated rings. The van der Waals surface area contributed by atoms with Crippen LogP contribution < -0.4 is 4.72 Å². The van der Waals surface area contributed by atoms with E-state index in [4.69, 9.17) is 11.6 Å². The summed E-state index contributed by atoms with van der Waals surface area (Å²) in [6.45, 7) is 1.80. The van der Waals surface area contributed by atoms with E-state index < -0.39 is 10.0 Å². The second-order valence-corrected chi connectivity index (χ2v) is 8.14. The normalized spacial score (nSPS) is 13.4. The first-order chi connectivity index (χ1) is 11.5. The third kappa shape index (κ3) is 2.38. The van der Waals surface area contributed by atoms with Crippen molar-refractivity contribution in [3.05, 3.63) is 70.2 Å². The largest absolute Gasteiger partial charge is 0.279 e. The van der Waals surface area contributed by atoms with E-state index in [2.05, 4.69) is 10.8 Å². The second kappa shape index (κ2) is 5.50. The maximum Gasteiger partial charge on any atom is 0.262 e.